The zero-order valence-corrected chi connectivity index (χ0v) is 15.5. The van der Waals surface area contributed by atoms with Gasteiger partial charge < -0.3 is 19.3 Å². The van der Waals surface area contributed by atoms with Crippen molar-refractivity contribution in [2.75, 3.05) is 44.9 Å². The Bertz CT molecular complexity index is 780. The number of nitrogens with zero attached hydrogens (tertiary/aromatic N) is 4. The van der Waals surface area contributed by atoms with Crippen LogP contribution in [0.4, 0.5) is 5.69 Å². The van der Waals surface area contributed by atoms with Crippen molar-refractivity contribution < 1.29 is 14.3 Å². The summed E-state index contributed by atoms with van der Waals surface area (Å²) in [5, 5.41) is 0. The van der Waals surface area contributed by atoms with E-state index in [2.05, 4.69) is 14.9 Å². The third-order valence-corrected chi connectivity index (χ3v) is 5.23. The summed E-state index contributed by atoms with van der Waals surface area (Å²) < 4.78 is 11.3. The van der Waals surface area contributed by atoms with Crippen molar-refractivity contribution in [3.8, 4) is 0 Å². The van der Waals surface area contributed by atoms with Gasteiger partial charge in [0.2, 0.25) is 0 Å². The van der Waals surface area contributed by atoms with Crippen molar-refractivity contribution in [3.63, 3.8) is 0 Å². The number of ether oxygens (including phenoxy) is 2. The molecule has 0 unspecified atom stereocenters. The number of pyridine rings is 2. The van der Waals surface area contributed by atoms with Gasteiger partial charge in [-0.15, -0.1) is 0 Å². The average molecular weight is 368 g/mol. The van der Waals surface area contributed by atoms with Crippen LogP contribution in [-0.4, -0.2) is 66.8 Å². The molecule has 2 aromatic rings. The first kappa shape index (κ1) is 17.9. The van der Waals surface area contributed by atoms with Crippen molar-refractivity contribution in [3.05, 3.63) is 54.1 Å². The number of aromatic nitrogens is 2. The van der Waals surface area contributed by atoms with Gasteiger partial charge in [0, 0.05) is 56.6 Å². The van der Waals surface area contributed by atoms with Crippen molar-refractivity contribution >= 4 is 11.6 Å². The lowest BCUT2D eigenvalue weighted by Gasteiger charge is -2.30. The lowest BCUT2D eigenvalue weighted by molar-refractivity contribution is 0.0511. The lowest BCUT2D eigenvalue weighted by atomic mass is 10.0. The van der Waals surface area contributed by atoms with Gasteiger partial charge in [-0.05, 0) is 24.6 Å². The van der Waals surface area contributed by atoms with E-state index in [0.29, 0.717) is 25.5 Å². The number of hydrogen-bond donors (Lipinski definition) is 0. The van der Waals surface area contributed by atoms with E-state index in [1.807, 2.05) is 31.3 Å². The SMILES string of the molecule is CN(C(=O)c1cc(N2CCOCC2)ccn1)[C@H]1CCO[C@@H]1c1cccnc1. The van der Waals surface area contributed by atoms with E-state index in [9.17, 15) is 4.79 Å². The smallest absolute Gasteiger partial charge is 0.272 e. The van der Waals surface area contributed by atoms with Gasteiger partial charge >= 0.3 is 0 Å². The number of hydrogen-bond acceptors (Lipinski definition) is 6. The van der Waals surface area contributed by atoms with E-state index in [0.717, 1.165) is 30.8 Å². The molecule has 4 rings (SSSR count). The highest BCUT2D eigenvalue weighted by Gasteiger charge is 2.35. The Morgan fingerprint density at radius 1 is 1.22 bits per heavy atom. The monoisotopic (exact) mass is 368 g/mol. The van der Waals surface area contributed by atoms with Crippen LogP contribution < -0.4 is 4.90 Å². The van der Waals surface area contributed by atoms with Gasteiger partial charge in [0.1, 0.15) is 11.8 Å². The number of carbonyl (C=O) groups excluding carboxylic acids is 1. The summed E-state index contributed by atoms with van der Waals surface area (Å²) in [5.41, 5.74) is 2.46. The number of morpholine rings is 1. The van der Waals surface area contributed by atoms with Crippen LogP contribution in [0.15, 0.2) is 42.9 Å². The first-order valence-electron chi connectivity index (χ1n) is 9.31. The molecule has 0 radical (unpaired) electrons. The predicted molar refractivity (Wildman–Crippen MR) is 101 cm³/mol. The Labute approximate surface area is 158 Å². The number of rotatable bonds is 4. The van der Waals surface area contributed by atoms with Crippen LogP contribution in [0.3, 0.4) is 0 Å². The zero-order valence-electron chi connectivity index (χ0n) is 15.5. The largest absolute Gasteiger partial charge is 0.378 e. The molecule has 4 heterocycles. The third kappa shape index (κ3) is 3.79. The fourth-order valence-corrected chi connectivity index (χ4v) is 3.72. The van der Waals surface area contributed by atoms with E-state index in [-0.39, 0.29) is 18.1 Å². The van der Waals surface area contributed by atoms with Crippen LogP contribution in [-0.2, 0) is 9.47 Å². The van der Waals surface area contributed by atoms with Gasteiger partial charge in [-0.2, -0.15) is 0 Å². The summed E-state index contributed by atoms with van der Waals surface area (Å²) in [5.74, 6) is -0.0884. The fourth-order valence-electron chi connectivity index (χ4n) is 3.72. The van der Waals surface area contributed by atoms with Crippen molar-refractivity contribution in [1.29, 1.82) is 0 Å². The molecule has 27 heavy (non-hydrogen) atoms. The van der Waals surface area contributed by atoms with Crippen LogP contribution in [0, 0.1) is 0 Å². The number of amides is 1. The Hall–Kier alpha value is -2.51. The molecule has 7 heteroatoms. The normalized spacial score (nSPS) is 22.6. The maximum absolute atomic E-state index is 13.1. The highest BCUT2D eigenvalue weighted by atomic mass is 16.5. The van der Waals surface area contributed by atoms with Crippen molar-refractivity contribution in [2.45, 2.75) is 18.6 Å². The highest BCUT2D eigenvalue weighted by molar-refractivity contribution is 5.93. The van der Waals surface area contributed by atoms with Crippen LogP contribution in [0.5, 0.6) is 0 Å². The van der Waals surface area contributed by atoms with E-state index >= 15 is 0 Å². The molecule has 2 aliphatic rings. The molecule has 0 saturated carbocycles. The van der Waals surface area contributed by atoms with E-state index in [4.69, 9.17) is 9.47 Å². The molecule has 2 atom stereocenters. The second-order valence-corrected chi connectivity index (χ2v) is 6.85. The lowest BCUT2D eigenvalue weighted by Crippen LogP contribution is -2.39. The molecule has 7 nitrogen and oxygen atoms in total. The fraction of sp³-hybridized carbons (Fsp3) is 0.450. The van der Waals surface area contributed by atoms with E-state index in [1.165, 1.54) is 0 Å². The summed E-state index contributed by atoms with van der Waals surface area (Å²) in [7, 11) is 1.83. The summed E-state index contributed by atoms with van der Waals surface area (Å²) >= 11 is 0. The van der Waals surface area contributed by atoms with Gasteiger partial charge in [0.15, 0.2) is 0 Å². The first-order valence-corrected chi connectivity index (χ1v) is 9.31. The van der Waals surface area contributed by atoms with Crippen LogP contribution >= 0.6 is 0 Å². The topological polar surface area (TPSA) is 67.8 Å². The Morgan fingerprint density at radius 2 is 2.07 bits per heavy atom. The van der Waals surface area contributed by atoms with Crippen molar-refractivity contribution in [2.24, 2.45) is 0 Å². The Balaban J connectivity index is 1.52. The number of anilines is 1. The highest BCUT2D eigenvalue weighted by Crippen LogP contribution is 2.32. The molecule has 0 aromatic carbocycles. The summed E-state index contributed by atoms with van der Waals surface area (Å²) in [6.07, 6.45) is 5.89. The average Bonchev–Trinajstić information content (AvgIpc) is 3.24. The summed E-state index contributed by atoms with van der Waals surface area (Å²) in [6.45, 7) is 3.69. The molecule has 1 amide bonds. The Kier molecular flexibility index (Phi) is 5.31. The minimum atomic E-state index is -0.157. The van der Waals surface area contributed by atoms with Gasteiger partial charge in [-0.1, -0.05) is 6.07 Å². The van der Waals surface area contributed by atoms with Crippen LogP contribution in [0.1, 0.15) is 28.6 Å². The van der Waals surface area contributed by atoms with Gasteiger partial charge in [-0.25, -0.2) is 0 Å². The molecule has 0 N–H and O–H groups in total. The van der Waals surface area contributed by atoms with Crippen LogP contribution in [0.25, 0.3) is 0 Å². The van der Waals surface area contributed by atoms with Gasteiger partial charge in [-0.3, -0.25) is 14.8 Å². The maximum Gasteiger partial charge on any atom is 0.272 e. The molecule has 0 aliphatic carbocycles. The van der Waals surface area contributed by atoms with E-state index < -0.39 is 0 Å². The molecule has 142 valence electrons. The number of carbonyl (C=O) groups is 1. The van der Waals surface area contributed by atoms with Crippen molar-refractivity contribution in [1.82, 2.24) is 14.9 Å². The third-order valence-electron chi connectivity index (χ3n) is 5.23. The molecule has 0 spiro atoms. The first-order chi connectivity index (χ1) is 13.2. The minimum absolute atomic E-state index is 0.0319. The number of likely N-dealkylation sites (N-methyl/N-ethyl adjacent to an activating group) is 1. The Morgan fingerprint density at radius 3 is 2.85 bits per heavy atom. The molecular formula is C20H24N4O3. The minimum Gasteiger partial charge on any atom is -0.378 e. The van der Waals surface area contributed by atoms with Gasteiger partial charge in [0.05, 0.1) is 19.3 Å². The second-order valence-electron chi connectivity index (χ2n) is 6.85. The molecule has 2 saturated heterocycles. The quantitative estimate of drug-likeness (QED) is 0.821. The molecule has 2 aliphatic heterocycles. The second kappa shape index (κ2) is 8.02. The van der Waals surface area contributed by atoms with E-state index in [1.54, 1.807) is 23.5 Å². The predicted octanol–water partition coefficient (Wildman–Crippen LogP) is 1.92. The maximum atomic E-state index is 13.1. The van der Waals surface area contributed by atoms with Crippen LogP contribution in [0.2, 0.25) is 0 Å². The standard InChI is InChI=1S/C20H24N4O3/c1-23(18-5-10-27-19(18)15-3-2-6-21-14-15)20(25)17-13-16(4-7-22-17)24-8-11-26-12-9-24/h2-4,6-7,13-14,18-19H,5,8-12H2,1H3/t18-,19+/m0/s1. The molecular weight excluding hydrogens is 344 g/mol. The molecule has 2 fully saturated rings. The zero-order chi connectivity index (χ0) is 18.6. The molecule has 2 aromatic heterocycles. The molecule has 0 bridgehead atoms. The summed E-state index contributed by atoms with van der Waals surface area (Å²) in [6, 6.07) is 7.67. The summed E-state index contributed by atoms with van der Waals surface area (Å²) in [4.78, 5) is 25.6. The van der Waals surface area contributed by atoms with Gasteiger partial charge in [0.25, 0.3) is 5.91 Å².